The Balaban J connectivity index is 1.74. The predicted molar refractivity (Wildman–Crippen MR) is 133 cm³/mol. The minimum Gasteiger partial charge on any atom is -0.255 e. The van der Waals surface area contributed by atoms with Crippen molar-refractivity contribution in [3.8, 4) is 11.3 Å². The van der Waals surface area contributed by atoms with Crippen LogP contribution in [0.4, 0.5) is 13.2 Å². The van der Waals surface area contributed by atoms with Gasteiger partial charge in [-0.3, -0.25) is 4.98 Å². The van der Waals surface area contributed by atoms with Crippen molar-refractivity contribution in [2.75, 3.05) is 0 Å². The van der Waals surface area contributed by atoms with Crippen LogP contribution in [0, 0.1) is 0 Å². The van der Waals surface area contributed by atoms with E-state index in [2.05, 4.69) is 51.1 Å². The Bertz CT molecular complexity index is 1490. The fourth-order valence-corrected chi connectivity index (χ4v) is 5.88. The lowest BCUT2D eigenvalue weighted by Gasteiger charge is -2.22. The maximum Gasteiger partial charge on any atom is 0.389 e. The molecule has 0 saturated carbocycles. The van der Waals surface area contributed by atoms with Crippen molar-refractivity contribution in [2.24, 2.45) is 0 Å². The Morgan fingerprint density at radius 1 is 0.818 bits per heavy atom. The first-order valence-corrected chi connectivity index (χ1v) is 11.8. The number of pyridine rings is 1. The zero-order valence-corrected chi connectivity index (χ0v) is 19.6. The summed E-state index contributed by atoms with van der Waals surface area (Å²) in [5.41, 5.74) is 3.86. The van der Waals surface area contributed by atoms with Gasteiger partial charge in [0.1, 0.15) is 0 Å². The maximum absolute atomic E-state index is 12.9. The largest absolute Gasteiger partial charge is 0.389 e. The molecule has 0 aliphatic rings. The maximum atomic E-state index is 12.9. The van der Waals surface area contributed by atoms with Crippen molar-refractivity contribution in [1.29, 1.82) is 0 Å². The van der Waals surface area contributed by atoms with Crippen LogP contribution in [0.5, 0.6) is 0 Å². The summed E-state index contributed by atoms with van der Waals surface area (Å²) in [7, 11) is 0. The highest BCUT2D eigenvalue weighted by molar-refractivity contribution is 7.26. The van der Waals surface area contributed by atoms with Gasteiger partial charge in [-0.1, -0.05) is 63.2 Å². The topological polar surface area (TPSA) is 12.9 Å². The molecular weight excluding hydrogens is 439 g/mol. The third-order valence-electron chi connectivity index (χ3n) is 6.12. The summed E-state index contributed by atoms with van der Waals surface area (Å²) in [6, 6.07) is 20.4. The van der Waals surface area contributed by atoms with Crippen LogP contribution in [0.1, 0.15) is 38.3 Å². The van der Waals surface area contributed by atoms with Crippen molar-refractivity contribution in [1.82, 2.24) is 4.98 Å². The van der Waals surface area contributed by atoms with Crippen LogP contribution in [0.15, 0.2) is 66.9 Å². The number of benzene rings is 3. The van der Waals surface area contributed by atoms with Crippen molar-refractivity contribution < 1.29 is 13.2 Å². The number of thiophene rings is 1. The second-order valence-corrected chi connectivity index (χ2v) is 10.6. The standard InChI is InChI=1S/C28H24F3NS/c1-27(2,3)23-16-19(15-18-7-4-5-9-20(18)23)24-26-22(12-14-32-24)21-10-6-8-17(25(21)33-26)11-13-28(29,30)31/h4-10,12,14-16H,11,13H2,1-3H3. The number of hydrogen-bond acceptors (Lipinski definition) is 2. The molecule has 1 nitrogen and oxygen atoms in total. The first-order valence-electron chi connectivity index (χ1n) is 11.0. The molecule has 0 spiro atoms. The van der Waals surface area contributed by atoms with E-state index >= 15 is 0 Å². The first-order chi connectivity index (χ1) is 15.6. The summed E-state index contributed by atoms with van der Waals surface area (Å²) >= 11 is 1.55. The molecule has 0 fully saturated rings. The zero-order valence-electron chi connectivity index (χ0n) is 18.8. The number of hydrogen-bond donors (Lipinski definition) is 0. The highest BCUT2D eigenvalue weighted by Crippen LogP contribution is 2.42. The molecule has 0 aliphatic heterocycles. The van der Waals surface area contributed by atoms with Gasteiger partial charge in [0.15, 0.2) is 0 Å². The molecule has 168 valence electrons. The predicted octanol–water partition coefficient (Wildman–Crippen LogP) is 9.06. The molecule has 2 heterocycles. The Morgan fingerprint density at radius 3 is 2.30 bits per heavy atom. The summed E-state index contributed by atoms with van der Waals surface area (Å²) in [4.78, 5) is 4.75. The van der Waals surface area contributed by atoms with Crippen LogP contribution in [0.3, 0.4) is 0 Å². The van der Waals surface area contributed by atoms with Gasteiger partial charge in [0, 0.05) is 33.7 Å². The zero-order chi connectivity index (χ0) is 23.4. The molecule has 0 radical (unpaired) electrons. The molecule has 0 unspecified atom stereocenters. The third kappa shape index (κ3) is 4.10. The lowest BCUT2D eigenvalue weighted by Crippen LogP contribution is -2.12. The van der Waals surface area contributed by atoms with E-state index in [0.717, 1.165) is 42.4 Å². The van der Waals surface area contributed by atoms with Crippen LogP contribution < -0.4 is 0 Å². The van der Waals surface area contributed by atoms with Crippen molar-refractivity contribution in [3.05, 3.63) is 78.0 Å². The summed E-state index contributed by atoms with van der Waals surface area (Å²) in [6.07, 6.45) is -3.19. The fraction of sp³-hybridized carbons (Fsp3) is 0.250. The molecule has 2 aromatic heterocycles. The van der Waals surface area contributed by atoms with Gasteiger partial charge in [0.25, 0.3) is 0 Å². The van der Waals surface area contributed by atoms with Gasteiger partial charge in [-0.25, -0.2) is 0 Å². The first kappa shape index (κ1) is 21.9. The van der Waals surface area contributed by atoms with Crippen LogP contribution in [-0.2, 0) is 11.8 Å². The summed E-state index contributed by atoms with van der Waals surface area (Å²) in [5, 5.41) is 4.42. The van der Waals surface area contributed by atoms with E-state index in [4.69, 9.17) is 4.98 Å². The van der Waals surface area contributed by atoms with Crippen molar-refractivity contribution >= 4 is 42.3 Å². The highest BCUT2D eigenvalue weighted by Gasteiger charge is 2.27. The lowest BCUT2D eigenvalue weighted by atomic mass is 9.82. The van der Waals surface area contributed by atoms with E-state index in [1.165, 1.54) is 10.9 Å². The molecular formula is C28H24F3NS. The third-order valence-corrected chi connectivity index (χ3v) is 7.42. The van der Waals surface area contributed by atoms with Gasteiger partial charge in [0.2, 0.25) is 0 Å². The second kappa shape index (κ2) is 7.84. The van der Waals surface area contributed by atoms with Crippen LogP contribution in [-0.4, -0.2) is 11.2 Å². The fourth-order valence-electron chi connectivity index (χ4n) is 4.53. The van der Waals surface area contributed by atoms with Gasteiger partial charge in [0.05, 0.1) is 10.4 Å². The number of fused-ring (bicyclic) bond motifs is 4. The number of nitrogens with zero attached hydrogens (tertiary/aromatic N) is 1. The van der Waals surface area contributed by atoms with Crippen LogP contribution >= 0.6 is 11.3 Å². The Morgan fingerprint density at radius 2 is 1.55 bits per heavy atom. The molecule has 5 rings (SSSR count). The Kier molecular flexibility index (Phi) is 5.20. The second-order valence-electron chi connectivity index (χ2n) is 9.54. The van der Waals surface area contributed by atoms with E-state index in [1.807, 2.05) is 30.3 Å². The van der Waals surface area contributed by atoms with E-state index in [0.29, 0.717) is 0 Å². The molecule has 3 aromatic carbocycles. The van der Waals surface area contributed by atoms with Crippen LogP contribution in [0.2, 0.25) is 0 Å². The molecule has 0 atom stereocenters. The molecule has 5 aromatic rings. The minimum atomic E-state index is -4.17. The number of halogens is 3. The van der Waals surface area contributed by atoms with Gasteiger partial charge in [-0.05, 0) is 51.9 Å². The van der Waals surface area contributed by atoms with E-state index in [9.17, 15) is 13.2 Å². The lowest BCUT2D eigenvalue weighted by molar-refractivity contribution is -0.133. The van der Waals surface area contributed by atoms with Crippen LogP contribution in [0.25, 0.3) is 42.2 Å². The van der Waals surface area contributed by atoms with Gasteiger partial charge < -0.3 is 0 Å². The summed E-state index contributed by atoms with van der Waals surface area (Å²) in [5.74, 6) is 0. The van der Waals surface area contributed by atoms with Gasteiger partial charge in [-0.15, -0.1) is 11.3 Å². The SMILES string of the molecule is CC(C)(C)c1cc(-c2nccc3c2sc2c(CCC(F)(F)F)cccc23)cc2ccccc12. The molecule has 0 saturated heterocycles. The number of rotatable bonds is 3. The van der Waals surface area contributed by atoms with Gasteiger partial charge >= 0.3 is 6.18 Å². The number of aromatic nitrogens is 1. The Hall–Kier alpha value is -2.92. The smallest absolute Gasteiger partial charge is 0.255 e. The average molecular weight is 464 g/mol. The van der Waals surface area contributed by atoms with E-state index in [1.54, 1.807) is 17.5 Å². The molecule has 33 heavy (non-hydrogen) atoms. The highest BCUT2D eigenvalue weighted by atomic mass is 32.1. The monoisotopic (exact) mass is 463 g/mol. The molecule has 0 N–H and O–H groups in total. The van der Waals surface area contributed by atoms with E-state index in [-0.39, 0.29) is 11.8 Å². The number of aryl methyl sites for hydroxylation is 1. The molecule has 0 bridgehead atoms. The minimum absolute atomic E-state index is 0.0133. The molecule has 0 amide bonds. The van der Waals surface area contributed by atoms with Crippen molar-refractivity contribution in [2.45, 2.75) is 45.2 Å². The average Bonchev–Trinajstić information content (AvgIpc) is 3.15. The summed E-state index contributed by atoms with van der Waals surface area (Å²) < 4.78 is 40.6. The quantitative estimate of drug-likeness (QED) is 0.260. The normalized spacial score (nSPS) is 12.8. The van der Waals surface area contributed by atoms with Gasteiger partial charge in [-0.2, -0.15) is 13.2 Å². The van der Waals surface area contributed by atoms with E-state index < -0.39 is 12.6 Å². The summed E-state index contributed by atoms with van der Waals surface area (Å²) in [6.45, 7) is 6.62. The molecule has 0 aliphatic carbocycles. The van der Waals surface area contributed by atoms with Crippen molar-refractivity contribution in [3.63, 3.8) is 0 Å². The number of alkyl halides is 3. The Labute approximate surface area is 194 Å². The molecule has 5 heteroatoms.